The van der Waals surface area contributed by atoms with Crippen LogP contribution in [0.15, 0.2) is 48.5 Å². The third-order valence-electron chi connectivity index (χ3n) is 3.44. The number of benzene rings is 2. The average molecular weight is 325 g/mol. The van der Waals surface area contributed by atoms with Crippen LogP contribution in [0, 0.1) is 0 Å². The first-order valence-corrected chi connectivity index (χ1v) is 7.66. The van der Waals surface area contributed by atoms with Crippen molar-refractivity contribution in [2.45, 2.75) is 20.3 Å². The van der Waals surface area contributed by atoms with Crippen LogP contribution in [0.1, 0.15) is 41.0 Å². The lowest BCUT2D eigenvalue weighted by Gasteiger charge is -2.08. The Kier molecular flexibility index (Phi) is 5.84. The van der Waals surface area contributed by atoms with Gasteiger partial charge in [0.2, 0.25) is 0 Å². The molecule has 5 nitrogen and oxygen atoms in total. The number of anilines is 1. The zero-order valence-corrected chi connectivity index (χ0v) is 13.7. The summed E-state index contributed by atoms with van der Waals surface area (Å²) in [4.78, 5) is 34.6. The molecule has 0 aromatic heterocycles. The SMILES string of the molecule is CCC(=O)c1ccc(OCC(=O)Nc2ccc(C(C)=O)cc2)cc1. The molecule has 1 amide bonds. The number of hydrogen-bond acceptors (Lipinski definition) is 4. The monoisotopic (exact) mass is 325 g/mol. The molecule has 24 heavy (non-hydrogen) atoms. The Bertz CT molecular complexity index is 733. The van der Waals surface area contributed by atoms with Gasteiger partial charge in [-0.05, 0) is 55.5 Å². The molecule has 0 atom stereocenters. The zero-order valence-electron chi connectivity index (χ0n) is 13.7. The van der Waals surface area contributed by atoms with E-state index in [0.29, 0.717) is 29.0 Å². The van der Waals surface area contributed by atoms with E-state index in [1.54, 1.807) is 55.5 Å². The van der Waals surface area contributed by atoms with Crippen LogP contribution in [0.3, 0.4) is 0 Å². The molecule has 2 aromatic carbocycles. The van der Waals surface area contributed by atoms with Gasteiger partial charge in [0.05, 0.1) is 0 Å². The topological polar surface area (TPSA) is 72.5 Å². The second-order valence-corrected chi connectivity index (χ2v) is 5.27. The molecule has 0 spiro atoms. The molecule has 0 radical (unpaired) electrons. The predicted octanol–water partition coefficient (Wildman–Crippen LogP) is 3.50. The van der Waals surface area contributed by atoms with E-state index in [4.69, 9.17) is 4.74 Å². The van der Waals surface area contributed by atoms with Gasteiger partial charge in [-0.2, -0.15) is 0 Å². The highest BCUT2D eigenvalue weighted by molar-refractivity contribution is 5.96. The van der Waals surface area contributed by atoms with Gasteiger partial charge >= 0.3 is 0 Å². The van der Waals surface area contributed by atoms with E-state index in [-0.39, 0.29) is 24.1 Å². The molecule has 0 saturated carbocycles. The molecule has 0 fully saturated rings. The van der Waals surface area contributed by atoms with Crippen molar-refractivity contribution in [3.8, 4) is 5.75 Å². The van der Waals surface area contributed by atoms with E-state index in [1.165, 1.54) is 6.92 Å². The summed E-state index contributed by atoms with van der Waals surface area (Å²) in [7, 11) is 0. The molecule has 0 aliphatic heterocycles. The van der Waals surface area contributed by atoms with Crippen molar-refractivity contribution in [3.63, 3.8) is 0 Å². The largest absolute Gasteiger partial charge is 0.484 e. The fourth-order valence-corrected chi connectivity index (χ4v) is 2.08. The van der Waals surface area contributed by atoms with Crippen LogP contribution in [0.2, 0.25) is 0 Å². The van der Waals surface area contributed by atoms with Gasteiger partial charge in [-0.15, -0.1) is 0 Å². The van der Waals surface area contributed by atoms with Crippen molar-refractivity contribution in [2.75, 3.05) is 11.9 Å². The summed E-state index contributed by atoms with van der Waals surface area (Å²) < 4.78 is 5.39. The number of carbonyl (C=O) groups is 3. The van der Waals surface area contributed by atoms with Gasteiger partial charge in [-0.1, -0.05) is 6.92 Å². The number of amides is 1. The summed E-state index contributed by atoms with van der Waals surface area (Å²) in [6, 6.07) is 13.3. The van der Waals surface area contributed by atoms with Gasteiger partial charge in [0.1, 0.15) is 5.75 Å². The van der Waals surface area contributed by atoms with E-state index in [2.05, 4.69) is 5.32 Å². The maximum atomic E-state index is 11.9. The van der Waals surface area contributed by atoms with E-state index in [1.807, 2.05) is 0 Å². The highest BCUT2D eigenvalue weighted by Crippen LogP contribution is 2.14. The minimum Gasteiger partial charge on any atom is -0.484 e. The van der Waals surface area contributed by atoms with Crippen LogP contribution >= 0.6 is 0 Å². The average Bonchev–Trinajstić information content (AvgIpc) is 2.60. The lowest BCUT2D eigenvalue weighted by atomic mass is 10.1. The molecule has 0 saturated heterocycles. The Morgan fingerprint density at radius 2 is 1.50 bits per heavy atom. The highest BCUT2D eigenvalue weighted by Gasteiger charge is 2.06. The fourth-order valence-electron chi connectivity index (χ4n) is 2.08. The van der Waals surface area contributed by atoms with Gasteiger partial charge in [0.15, 0.2) is 18.2 Å². The molecule has 2 rings (SSSR count). The van der Waals surface area contributed by atoms with Gasteiger partial charge < -0.3 is 10.1 Å². The molecule has 1 N–H and O–H groups in total. The number of Topliss-reactive ketones (excluding diaryl/α,β-unsaturated/α-hetero) is 2. The lowest BCUT2D eigenvalue weighted by Crippen LogP contribution is -2.20. The Balaban J connectivity index is 1.86. The fraction of sp³-hybridized carbons (Fsp3) is 0.211. The molecule has 2 aromatic rings. The maximum absolute atomic E-state index is 11.9. The standard InChI is InChI=1S/C19H19NO4/c1-3-18(22)15-6-10-17(11-7-15)24-12-19(23)20-16-8-4-14(5-9-16)13(2)21/h4-11H,3,12H2,1-2H3,(H,20,23). The molecular formula is C19H19NO4. The molecular weight excluding hydrogens is 306 g/mol. The van der Waals surface area contributed by atoms with Crippen LogP contribution in [-0.4, -0.2) is 24.1 Å². The lowest BCUT2D eigenvalue weighted by molar-refractivity contribution is -0.118. The number of ether oxygens (including phenoxy) is 1. The first kappa shape index (κ1) is 17.4. The Morgan fingerprint density at radius 1 is 0.917 bits per heavy atom. The van der Waals surface area contributed by atoms with Crippen molar-refractivity contribution in [3.05, 3.63) is 59.7 Å². The van der Waals surface area contributed by atoms with Crippen molar-refractivity contribution in [1.29, 1.82) is 0 Å². The first-order chi connectivity index (χ1) is 11.5. The van der Waals surface area contributed by atoms with Crippen LogP contribution in [0.25, 0.3) is 0 Å². The normalized spacial score (nSPS) is 10.1. The van der Waals surface area contributed by atoms with E-state index in [9.17, 15) is 14.4 Å². The van der Waals surface area contributed by atoms with E-state index < -0.39 is 0 Å². The zero-order chi connectivity index (χ0) is 17.5. The van der Waals surface area contributed by atoms with E-state index in [0.717, 1.165) is 0 Å². The van der Waals surface area contributed by atoms with Gasteiger partial charge in [0, 0.05) is 23.2 Å². The summed E-state index contributed by atoms with van der Waals surface area (Å²) in [5, 5.41) is 2.69. The summed E-state index contributed by atoms with van der Waals surface area (Å²) in [5.41, 5.74) is 1.81. The Hall–Kier alpha value is -2.95. The predicted molar refractivity (Wildman–Crippen MR) is 91.6 cm³/mol. The number of nitrogens with one attached hydrogen (secondary N) is 1. The summed E-state index contributed by atoms with van der Waals surface area (Å²) in [6.07, 6.45) is 0.449. The van der Waals surface area contributed by atoms with E-state index >= 15 is 0 Å². The molecule has 5 heteroatoms. The smallest absolute Gasteiger partial charge is 0.262 e. The maximum Gasteiger partial charge on any atom is 0.262 e. The van der Waals surface area contributed by atoms with Gasteiger partial charge in [-0.3, -0.25) is 14.4 Å². The number of rotatable bonds is 7. The van der Waals surface area contributed by atoms with Gasteiger partial charge in [0.25, 0.3) is 5.91 Å². The number of carbonyl (C=O) groups excluding carboxylic acids is 3. The molecule has 0 bridgehead atoms. The third-order valence-corrected chi connectivity index (χ3v) is 3.44. The van der Waals surface area contributed by atoms with Crippen molar-refractivity contribution < 1.29 is 19.1 Å². The molecule has 0 aliphatic rings. The summed E-state index contributed by atoms with van der Waals surface area (Å²) in [5.74, 6) is 0.249. The van der Waals surface area contributed by atoms with Crippen LogP contribution in [0.5, 0.6) is 5.75 Å². The molecule has 124 valence electrons. The quantitative estimate of drug-likeness (QED) is 0.791. The first-order valence-electron chi connectivity index (χ1n) is 7.66. The number of ketones is 2. The number of hydrogen-bond donors (Lipinski definition) is 1. The summed E-state index contributed by atoms with van der Waals surface area (Å²) >= 11 is 0. The minimum absolute atomic E-state index is 0.0267. The van der Waals surface area contributed by atoms with Crippen molar-refractivity contribution >= 4 is 23.2 Å². The van der Waals surface area contributed by atoms with Crippen LogP contribution in [0.4, 0.5) is 5.69 Å². The second-order valence-electron chi connectivity index (χ2n) is 5.27. The van der Waals surface area contributed by atoms with Crippen LogP contribution < -0.4 is 10.1 Å². The summed E-state index contributed by atoms with van der Waals surface area (Å²) in [6.45, 7) is 3.15. The van der Waals surface area contributed by atoms with Crippen molar-refractivity contribution in [1.82, 2.24) is 0 Å². The molecule has 0 aliphatic carbocycles. The van der Waals surface area contributed by atoms with Crippen molar-refractivity contribution in [2.24, 2.45) is 0 Å². The second kappa shape index (κ2) is 8.06. The molecule has 0 heterocycles. The van der Waals surface area contributed by atoms with Gasteiger partial charge in [-0.25, -0.2) is 0 Å². The molecule has 0 unspecified atom stereocenters. The minimum atomic E-state index is -0.306. The third kappa shape index (κ3) is 4.78. The highest BCUT2D eigenvalue weighted by atomic mass is 16.5. The Labute approximate surface area is 140 Å². The van der Waals surface area contributed by atoms with Crippen LogP contribution in [-0.2, 0) is 4.79 Å². The Morgan fingerprint density at radius 3 is 2.04 bits per heavy atom.